The van der Waals surface area contributed by atoms with Crippen molar-refractivity contribution >= 4 is 5.97 Å². The van der Waals surface area contributed by atoms with Crippen molar-refractivity contribution in [1.29, 1.82) is 0 Å². The minimum atomic E-state index is -0.916. The van der Waals surface area contributed by atoms with Crippen molar-refractivity contribution in [3.8, 4) is 0 Å². The van der Waals surface area contributed by atoms with Gasteiger partial charge in [0.2, 0.25) is 0 Å². The van der Waals surface area contributed by atoms with Gasteiger partial charge in [0.25, 0.3) is 0 Å². The van der Waals surface area contributed by atoms with Crippen LogP contribution in [0.4, 0.5) is 0 Å². The van der Waals surface area contributed by atoms with E-state index in [4.69, 9.17) is 19.9 Å². The van der Waals surface area contributed by atoms with Crippen LogP contribution in [0.2, 0.25) is 0 Å². The Balaban J connectivity index is 2.19. The van der Waals surface area contributed by atoms with Gasteiger partial charge in [0.05, 0.1) is 18.8 Å². The molecule has 1 aliphatic rings. The fraction of sp³-hybridized carbons (Fsp3) is 0.933. The molecule has 0 aromatic heterocycles. The van der Waals surface area contributed by atoms with Gasteiger partial charge in [0.15, 0.2) is 0 Å². The zero-order valence-electron chi connectivity index (χ0n) is 13.0. The van der Waals surface area contributed by atoms with E-state index in [-0.39, 0.29) is 12.1 Å². The average molecular weight is 287 g/mol. The van der Waals surface area contributed by atoms with Crippen LogP contribution < -0.4 is 5.73 Å². The fourth-order valence-electron chi connectivity index (χ4n) is 2.55. The van der Waals surface area contributed by atoms with E-state index in [2.05, 4.69) is 0 Å². The first-order chi connectivity index (χ1) is 9.49. The molecule has 5 heteroatoms. The molecule has 0 saturated heterocycles. The summed E-state index contributed by atoms with van der Waals surface area (Å²) in [6.07, 6.45) is 6.28. The molecule has 0 amide bonds. The maximum atomic E-state index is 11.6. The lowest BCUT2D eigenvalue weighted by molar-refractivity contribution is -0.149. The summed E-state index contributed by atoms with van der Waals surface area (Å²) in [4.78, 5) is 11.6. The highest BCUT2D eigenvalue weighted by molar-refractivity contribution is 5.79. The number of methoxy groups -OCH3 is 1. The van der Waals surface area contributed by atoms with E-state index in [9.17, 15) is 4.79 Å². The summed E-state index contributed by atoms with van der Waals surface area (Å²) in [6.45, 7) is 4.49. The van der Waals surface area contributed by atoms with Crippen molar-refractivity contribution in [2.24, 2.45) is 5.73 Å². The maximum Gasteiger partial charge on any atom is 0.325 e. The quantitative estimate of drug-likeness (QED) is 0.546. The van der Waals surface area contributed by atoms with Crippen molar-refractivity contribution in [1.82, 2.24) is 0 Å². The lowest BCUT2D eigenvalue weighted by Crippen LogP contribution is -2.46. The Kier molecular flexibility index (Phi) is 7.48. The lowest BCUT2D eigenvalue weighted by atomic mass is 9.94. The molecule has 0 spiro atoms. The predicted molar refractivity (Wildman–Crippen MR) is 77.5 cm³/mol. The third kappa shape index (κ3) is 5.77. The monoisotopic (exact) mass is 287 g/mol. The molecule has 0 aromatic rings. The lowest BCUT2D eigenvalue weighted by Gasteiger charge is -2.28. The second-order valence-corrected chi connectivity index (χ2v) is 5.76. The van der Waals surface area contributed by atoms with Crippen molar-refractivity contribution in [2.75, 3.05) is 20.3 Å². The number of hydrogen-bond donors (Lipinski definition) is 1. The number of hydrogen-bond acceptors (Lipinski definition) is 5. The van der Waals surface area contributed by atoms with E-state index in [0.717, 1.165) is 32.1 Å². The van der Waals surface area contributed by atoms with Crippen LogP contribution in [-0.2, 0) is 19.0 Å². The minimum Gasteiger partial charge on any atom is -0.465 e. The normalized spacial score (nSPS) is 26.0. The van der Waals surface area contributed by atoms with Crippen LogP contribution in [0.25, 0.3) is 0 Å². The zero-order valence-corrected chi connectivity index (χ0v) is 13.0. The molecule has 0 aromatic carbocycles. The smallest absolute Gasteiger partial charge is 0.325 e. The van der Waals surface area contributed by atoms with E-state index >= 15 is 0 Å². The summed E-state index contributed by atoms with van der Waals surface area (Å²) in [6, 6.07) is 0. The van der Waals surface area contributed by atoms with Gasteiger partial charge < -0.3 is 19.9 Å². The number of carbonyl (C=O) groups excluding carboxylic acids is 1. The Hall–Kier alpha value is -0.650. The molecule has 2 N–H and O–H groups in total. The first kappa shape index (κ1) is 17.4. The Labute approximate surface area is 122 Å². The number of ether oxygens (including phenoxy) is 3. The number of rotatable bonds is 8. The summed E-state index contributed by atoms with van der Waals surface area (Å²) in [5.74, 6) is -0.336. The molecule has 0 radical (unpaired) electrons. The molecule has 3 unspecified atom stereocenters. The van der Waals surface area contributed by atoms with Crippen molar-refractivity contribution < 1.29 is 19.0 Å². The second-order valence-electron chi connectivity index (χ2n) is 5.76. The highest BCUT2D eigenvalue weighted by Gasteiger charge is 2.29. The van der Waals surface area contributed by atoms with Gasteiger partial charge in [0, 0.05) is 13.7 Å². The standard InChI is InChI=1S/C15H29NO4/c1-4-19-14(17)15(2,16)9-6-10-20-13-8-5-7-12(11-13)18-3/h12-13H,4-11,16H2,1-3H3. The number of esters is 1. The van der Waals surface area contributed by atoms with Crippen LogP contribution in [0.15, 0.2) is 0 Å². The Morgan fingerprint density at radius 2 is 2.05 bits per heavy atom. The number of nitrogens with two attached hydrogens (primary N) is 1. The number of carbonyl (C=O) groups is 1. The molecule has 1 saturated carbocycles. The summed E-state index contributed by atoms with van der Waals surface area (Å²) in [5, 5.41) is 0. The second kappa shape index (κ2) is 8.60. The minimum absolute atomic E-state index is 0.278. The summed E-state index contributed by atoms with van der Waals surface area (Å²) in [7, 11) is 1.76. The van der Waals surface area contributed by atoms with Gasteiger partial charge in [-0.05, 0) is 52.4 Å². The highest BCUT2D eigenvalue weighted by atomic mass is 16.5. The van der Waals surface area contributed by atoms with Crippen molar-refractivity contribution in [2.45, 2.75) is 70.1 Å². The van der Waals surface area contributed by atoms with Crippen LogP contribution in [-0.4, -0.2) is 44.0 Å². The van der Waals surface area contributed by atoms with Crippen LogP contribution in [0, 0.1) is 0 Å². The van der Waals surface area contributed by atoms with Gasteiger partial charge in [-0.25, -0.2) is 0 Å². The molecule has 0 heterocycles. The van der Waals surface area contributed by atoms with E-state index < -0.39 is 5.54 Å². The molecule has 1 rings (SSSR count). The maximum absolute atomic E-state index is 11.6. The first-order valence-corrected chi connectivity index (χ1v) is 7.60. The molecular weight excluding hydrogens is 258 g/mol. The third-order valence-electron chi connectivity index (χ3n) is 3.85. The van der Waals surface area contributed by atoms with Gasteiger partial charge in [0.1, 0.15) is 5.54 Å². The van der Waals surface area contributed by atoms with Crippen LogP contribution in [0.5, 0.6) is 0 Å². The van der Waals surface area contributed by atoms with Gasteiger partial charge in [-0.1, -0.05) is 0 Å². The van der Waals surface area contributed by atoms with Crippen molar-refractivity contribution in [3.05, 3.63) is 0 Å². The molecule has 5 nitrogen and oxygen atoms in total. The van der Waals surface area contributed by atoms with Crippen LogP contribution >= 0.6 is 0 Å². The molecule has 118 valence electrons. The molecule has 0 bridgehead atoms. The Bertz CT molecular complexity index is 294. The SMILES string of the molecule is CCOC(=O)C(C)(N)CCCOC1CCCC(OC)C1. The molecule has 1 fully saturated rings. The Morgan fingerprint density at radius 1 is 1.35 bits per heavy atom. The molecule has 1 aliphatic carbocycles. The fourth-order valence-corrected chi connectivity index (χ4v) is 2.55. The van der Waals surface area contributed by atoms with Gasteiger partial charge >= 0.3 is 5.97 Å². The Morgan fingerprint density at radius 3 is 2.70 bits per heavy atom. The van der Waals surface area contributed by atoms with Gasteiger partial charge in [-0.15, -0.1) is 0 Å². The predicted octanol–water partition coefficient (Wildman–Crippen LogP) is 2.02. The first-order valence-electron chi connectivity index (χ1n) is 7.60. The van der Waals surface area contributed by atoms with Crippen molar-refractivity contribution in [3.63, 3.8) is 0 Å². The van der Waals surface area contributed by atoms with Crippen LogP contribution in [0.3, 0.4) is 0 Å². The van der Waals surface area contributed by atoms with Gasteiger partial charge in [-0.2, -0.15) is 0 Å². The average Bonchev–Trinajstić information content (AvgIpc) is 2.44. The summed E-state index contributed by atoms with van der Waals surface area (Å²) in [5.41, 5.74) is 5.04. The zero-order chi connectivity index (χ0) is 15.0. The van der Waals surface area contributed by atoms with E-state index in [1.807, 2.05) is 0 Å². The van der Waals surface area contributed by atoms with Crippen LogP contribution in [0.1, 0.15) is 52.4 Å². The molecule has 20 heavy (non-hydrogen) atoms. The molecule has 3 atom stereocenters. The third-order valence-corrected chi connectivity index (χ3v) is 3.85. The van der Waals surface area contributed by atoms with E-state index in [1.165, 1.54) is 0 Å². The van der Waals surface area contributed by atoms with E-state index in [0.29, 0.717) is 25.7 Å². The summed E-state index contributed by atoms with van der Waals surface area (Å²) >= 11 is 0. The highest BCUT2D eigenvalue weighted by Crippen LogP contribution is 2.23. The molecule has 0 aliphatic heterocycles. The van der Waals surface area contributed by atoms with Gasteiger partial charge in [-0.3, -0.25) is 4.79 Å². The topological polar surface area (TPSA) is 70.8 Å². The summed E-state index contributed by atoms with van der Waals surface area (Å²) < 4.78 is 16.2. The largest absolute Gasteiger partial charge is 0.465 e. The van der Waals surface area contributed by atoms with E-state index in [1.54, 1.807) is 21.0 Å². The molecular formula is C15H29NO4.